The Kier molecular flexibility index (Phi) is 6.41. The summed E-state index contributed by atoms with van der Waals surface area (Å²) in [5.74, 6) is 0. The van der Waals surface area contributed by atoms with Crippen LogP contribution in [0, 0.1) is 0 Å². The second-order valence-corrected chi connectivity index (χ2v) is 6.86. The van der Waals surface area contributed by atoms with E-state index in [4.69, 9.17) is 15.6 Å². The number of rotatable bonds is 8. The van der Waals surface area contributed by atoms with E-state index in [-0.39, 0.29) is 11.5 Å². The molecule has 120 valence electrons. The summed E-state index contributed by atoms with van der Waals surface area (Å²) in [6, 6.07) is 4.59. The van der Waals surface area contributed by atoms with Gasteiger partial charge in [-0.05, 0) is 18.2 Å². The molecular weight excluding hydrogens is 294 g/mol. The molecule has 0 fully saturated rings. The van der Waals surface area contributed by atoms with E-state index in [0.717, 1.165) is 4.31 Å². The van der Waals surface area contributed by atoms with Crippen LogP contribution in [0.3, 0.4) is 0 Å². The molecule has 0 bridgehead atoms. The van der Waals surface area contributed by atoms with Crippen molar-refractivity contribution in [3.63, 3.8) is 0 Å². The summed E-state index contributed by atoms with van der Waals surface area (Å²) < 4.78 is 30.3. The number of sulfonamides is 1. The third-order valence-corrected chi connectivity index (χ3v) is 4.86. The van der Waals surface area contributed by atoms with Crippen LogP contribution in [-0.4, -0.2) is 65.3 Å². The lowest BCUT2D eigenvalue weighted by Crippen LogP contribution is -2.31. The molecule has 0 amide bonds. The zero-order valence-electron chi connectivity index (χ0n) is 12.6. The molecule has 7 nitrogen and oxygen atoms in total. The monoisotopic (exact) mass is 317 g/mol. The number of anilines is 2. The van der Waals surface area contributed by atoms with Crippen molar-refractivity contribution in [3.05, 3.63) is 18.2 Å². The normalized spacial score (nSPS) is 11.9. The number of methoxy groups -OCH3 is 1. The fourth-order valence-corrected chi connectivity index (χ4v) is 2.80. The van der Waals surface area contributed by atoms with Crippen LogP contribution in [-0.2, 0) is 14.8 Å². The predicted octanol–water partition coefficient (Wildman–Crippen LogP) is -0.0358. The lowest BCUT2D eigenvalue weighted by atomic mass is 10.2. The highest BCUT2D eigenvalue weighted by atomic mass is 32.2. The number of nitrogen functional groups attached to an aromatic ring is 1. The Labute approximate surface area is 126 Å². The van der Waals surface area contributed by atoms with Crippen molar-refractivity contribution >= 4 is 21.4 Å². The van der Waals surface area contributed by atoms with Gasteiger partial charge in [0.15, 0.2) is 0 Å². The molecule has 0 heterocycles. The largest absolute Gasteiger partial charge is 0.397 e. The van der Waals surface area contributed by atoms with Crippen molar-refractivity contribution in [2.24, 2.45) is 0 Å². The Morgan fingerprint density at radius 2 is 1.95 bits per heavy atom. The van der Waals surface area contributed by atoms with Crippen LogP contribution in [0.5, 0.6) is 0 Å². The molecule has 0 saturated heterocycles. The van der Waals surface area contributed by atoms with E-state index in [9.17, 15) is 8.42 Å². The number of aliphatic hydroxyl groups is 1. The minimum atomic E-state index is -3.51. The second kappa shape index (κ2) is 7.60. The van der Waals surface area contributed by atoms with Gasteiger partial charge in [-0.2, -0.15) is 0 Å². The lowest BCUT2D eigenvalue weighted by molar-refractivity contribution is 0.203. The van der Waals surface area contributed by atoms with E-state index in [2.05, 4.69) is 0 Å². The molecule has 0 aromatic heterocycles. The average Bonchev–Trinajstić information content (AvgIpc) is 2.43. The molecule has 21 heavy (non-hydrogen) atoms. The Hall–Kier alpha value is -1.35. The van der Waals surface area contributed by atoms with Crippen LogP contribution in [0.15, 0.2) is 23.1 Å². The molecule has 1 rings (SSSR count). The Morgan fingerprint density at radius 1 is 1.29 bits per heavy atom. The smallest absolute Gasteiger partial charge is 0.242 e. The highest BCUT2D eigenvalue weighted by Crippen LogP contribution is 2.27. The molecule has 0 spiro atoms. The first-order valence-electron chi connectivity index (χ1n) is 6.51. The third kappa shape index (κ3) is 4.31. The van der Waals surface area contributed by atoms with Gasteiger partial charge >= 0.3 is 0 Å². The maximum absolute atomic E-state index is 12.1. The zero-order valence-corrected chi connectivity index (χ0v) is 13.4. The van der Waals surface area contributed by atoms with Gasteiger partial charge in [-0.25, -0.2) is 12.7 Å². The van der Waals surface area contributed by atoms with Crippen LogP contribution in [0.2, 0.25) is 0 Å². The fraction of sp³-hybridized carbons (Fsp3) is 0.538. The summed E-state index contributed by atoms with van der Waals surface area (Å²) in [5.41, 5.74) is 7.00. The number of nitrogens with two attached hydrogens (primary N) is 1. The van der Waals surface area contributed by atoms with E-state index in [1.165, 1.54) is 26.2 Å². The van der Waals surface area contributed by atoms with Crippen LogP contribution in [0.1, 0.15) is 0 Å². The van der Waals surface area contributed by atoms with Crippen molar-refractivity contribution in [2.45, 2.75) is 4.90 Å². The van der Waals surface area contributed by atoms with Crippen molar-refractivity contribution in [1.29, 1.82) is 0 Å². The first-order valence-corrected chi connectivity index (χ1v) is 7.95. The van der Waals surface area contributed by atoms with E-state index in [0.29, 0.717) is 31.1 Å². The van der Waals surface area contributed by atoms with E-state index in [1.54, 1.807) is 13.2 Å². The minimum absolute atomic E-state index is 0.0269. The van der Waals surface area contributed by atoms with Gasteiger partial charge in [0, 0.05) is 34.3 Å². The molecule has 0 atom stereocenters. The quantitative estimate of drug-likeness (QED) is 0.653. The van der Waals surface area contributed by atoms with Crippen molar-refractivity contribution in [1.82, 2.24) is 4.31 Å². The van der Waals surface area contributed by atoms with Gasteiger partial charge in [-0.15, -0.1) is 0 Å². The zero-order chi connectivity index (χ0) is 16.0. The number of aliphatic hydroxyl groups excluding tert-OH is 1. The second-order valence-electron chi connectivity index (χ2n) is 4.71. The van der Waals surface area contributed by atoms with Crippen LogP contribution in [0.25, 0.3) is 0 Å². The summed E-state index contributed by atoms with van der Waals surface area (Å²) in [6.45, 7) is 1.41. The number of benzene rings is 1. The first-order chi connectivity index (χ1) is 9.84. The summed E-state index contributed by atoms with van der Waals surface area (Å²) in [7, 11) is 1.02. The molecule has 0 unspecified atom stereocenters. The molecular formula is C13H23N3O4S. The molecule has 3 N–H and O–H groups in total. The number of ether oxygens (including phenoxy) is 1. The molecule has 0 aliphatic carbocycles. The molecule has 1 aromatic rings. The minimum Gasteiger partial charge on any atom is -0.397 e. The van der Waals surface area contributed by atoms with E-state index >= 15 is 0 Å². The standard InChI is InChI=1S/C13H23N3O4S/c1-15(2)21(18,19)11-4-5-13(12(14)10-11)16(6-8-17)7-9-20-3/h4-5,10,17H,6-9,14H2,1-3H3. The van der Waals surface area contributed by atoms with Crippen LogP contribution < -0.4 is 10.6 Å². The van der Waals surface area contributed by atoms with E-state index in [1.807, 2.05) is 4.90 Å². The topological polar surface area (TPSA) is 96.1 Å². The molecule has 0 aliphatic rings. The number of hydrogen-bond acceptors (Lipinski definition) is 6. The number of hydrogen-bond donors (Lipinski definition) is 2. The lowest BCUT2D eigenvalue weighted by Gasteiger charge is -2.25. The summed E-state index contributed by atoms with van der Waals surface area (Å²) in [6.07, 6.45) is 0. The average molecular weight is 317 g/mol. The van der Waals surface area contributed by atoms with Crippen LogP contribution in [0.4, 0.5) is 11.4 Å². The third-order valence-electron chi connectivity index (χ3n) is 3.05. The maximum atomic E-state index is 12.1. The Balaban J connectivity index is 3.11. The Bertz CT molecular complexity index is 561. The number of nitrogens with zero attached hydrogens (tertiary/aromatic N) is 2. The molecule has 0 radical (unpaired) electrons. The predicted molar refractivity (Wildman–Crippen MR) is 82.9 cm³/mol. The summed E-state index contributed by atoms with van der Waals surface area (Å²) in [5, 5.41) is 9.12. The molecule has 1 aromatic carbocycles. The van der Waals surface area contributed by atoms with Gasteiger partial charge in [0.2, 0.25) is 10.0 Å². The molecule has 0 aliphatic heterocycles. The van der Waals surface area contributed by atoms with Crippen molar-refractivity contribution in [3.8, 4) is 0 Å². The molecule has 0 saturated carbocycles. The van der Waals surface area contributed by atoms with Gasteiger partial charge in [-0.1, -0.05) is 0 Å². The van der Waals surface area contributed by atoms with Crippen LogP contribution >= 0.6 is 0 Å². The van der Waals surface area contributed by atoms with Crippen molar-refractivity contribution < 1.29 is 18.3 Å². The maximum Gasteiger partial charge on any atom is 0.242 e. The highest BCUT2D eigenvalue weighted by molar-refractivity contribution is 7.89. The van der Waals surface area contributed by atoms with Gasteiger partial charge in [0.25, 0.3) is 0 Å². The van der Waals surface area contributed by atoms with Gasteiger partial charge in [0.05, 0.1) is 29.5 Å². The van der Waals surface area contributed by atoms with Gasteiger partial charge in [-0.3, -0.25) is 0 Å². The summed E-state index contributed by atoms with van der Waals surface area (Å²) >= 11 is 0. The molecule has 8 heteroatoms. The highest BCUT2D eigenvalue weighted by Gasteiger charge is 2.19. The van der Waals surface area contributed by atoms with E-state index < -0.39 is 10.0 Å². The van der Waals surface area contributed by atoms with Crippen molar-refractivity contribution in [2.75, 3.05) is 58.1 Å². The Morgan fingerprint density at radius 3 is 2.43 bits per heavy atom. The first kappa shape index (κ1) is 17.7. The van der Waals surface area contributed by atoms with Gasteiger partial charge in [0.1, 0.15) is 0 Å². The van der Waals surface area contributed by atoms with Gasteiger partial charge < -0.3 is 20.5 Å². The summed E-state index contributed by atoms with van der Waals surface area (Å²) in [4.78, 5) is 2.00. The SMILES string of the molecule is COCCN(CCO)c1ccc(S(=O)(=O)N(C)C)cc1N. The fourth-order valence-electron chi connectivity index (χ4n) is 1.87.